The van der Waals surface area contributed by atoms with Crippen LogP contribution in [0, 0.1) is 5.92 Å². The largest absolute Gasteiger partial charge is 0.366 e. The molecule has 0 bridgehead atoms. The molecule has 1 aromatic heterocycles. The average molecular weight is 248 g/mol. The molecule has 0 spiro atoms. The molecule has 2 rings (SSSR count). The number of amides is 1. The summed E-state index contributed by atoms with van der Waals surface area (Å²) in [4.78, 5) is 17.7. The fourth-order valence-corrected chi connectivity index (χ4v) is 2.40. The van der Waals surface area contributed by atoms with Crippen molar-refractivity contribution in [1.82, 2.24) is 10.3 Å². The van der Waals surface area contributed by atoms with E-state index in [4.69, 9.17) is 5.73 Å². The number of nitrogens with two attached hydrogens (primary N) is 1. The topological polar surface area (TPSA) is 71.2 Å². The highest BCUT2D eigenvalue weighted by molar-refractivity contribution is 5.93. The number of hydrogen-bond donors (Lipinski definition) is 2. The van der Waals surface area contributed by atoms with Gasteiger partial charge in [-0.1, -0.05) is 0 Å². The summed E-state index contributed by atoms with van der Waals surface area (Å²) in [5.41, 5.74) is 5.81. The molecule has 1 amide bonds. The van der Waals surface area contributed by atoms with Crippen LogP contribution in [0.2, 0.25) is 0 Å². The van der Waals surface area contributed by atoms with Crippen molar-refractivity contribution in [3.05, 3.63) is 23.9 Å². The third kappa shape index (κ3) is 2.98. The Labute approximate surface area is 107 Å². The number of aromatic nitrogens is 1. The molecule has 3 N–H and O–H groups in total. The van der Waals surface area contributed by atoms with E-state index >= 15 is 0 Å². The monoisotopic (exact) mass is 248 g/mol. The number of pyridine rings is 1. The number of nitrogens with zero attached hydrogens (tertiary/aromatic N) is 2. The second kappa shape index (κ2) is 5.82. The molecule has 0 aliphatic carbocycles. The van der Waals surface area contributed by atoms with Crippen molar-refractivity contribution in [2.24, 2.45) is 11.7 Å². The first-order chi connectivity index (χ1) is 8.70. The van der Waals surface area contributed by atoms with Crippen LogP contribution >= 0.6 is 0 Å². The lowest BCUT2D eigenvalue weighted by Gasteiger charge is -2.32. The van der Waals surface area contributed by atoms with Gasteiger partial charge in [-0.2, -0.15) is 0 Å². The quantitative estimate of drug-likeness (QED) is 0.819. The molecular formula is C13H20N4O. The van der Waals surface area contributed by atoms with Gasteiger partial charge in [-0.3, -0.25) is 4.79 Å². The molecule has 5 nitrogen and oxygen atoms in total. The highest BCUT2D eigenvalue weighted by atomic mass is 16.1. The first-order valence-electron chi connectivity index (χ1n) is 6.36. The molecule has 0 aromatic carbocycles. The van der Waals surface area contributed by atoms with Crippen LogP contribution in [0.25, 0.3) is 0 Å². The first kappa shape index (κ1) is 12.8. The van der Waals surface area contributed by atoms with Crippen molar-refractivity contribution in [3.8, 4) is 0 Å². The SMILES string of the molecule is CNCC1CCN(c2cc(C(N)=O)ccn2)CC1. The van der Waals surface area contributed by atoms with Crippen molar-refractivity contribution >= 4 is 11.7 Å². The smallest absolute Gasteiger partial charge is 0.248 e. The first-order valence-corrected chi connectivity index (χ1v) is 6.36. The number of rotatable bonds is 4. The lowest BCUT2D eigenvalue weighted by molar-refractivity contribution is 0.1000. The van der Waals surface area contributed by atoms with Crippen LogP contribution in [0.15, 0.2) is 18.3 Å². The Morgan fingerprint density at radius 1 is 1.56 bits per heavy atom. The van der Waals surface area contributed by atoms with Crippen molar-refractivity contribution in [1.29, 1.82) is 0 Å². The van der Waals surface area contributed by atoms with Crippen molar-refractivity contribution < 1.29 is 4.79 Å². The third-order valence-corrected chi connectivity index (χ3v) is 3.46. The van der Waals surface area contributed by atoms with Gasteiger partial charge >= 0.3 is 0 Å². The standard InChI is InChI=1S/C13H20N4O/c1-15-9-10-3-6-17(7-4-10)12-8-11(13(14)18)2-5-16-12/h2,5,8,10,15H,3-4,6-7,9H2,1H3,(H2,14,18). The van der Waals surface area contributed by atoms with Gasteiger partial charge in [0.15, 0.2) is 0 Å². The molecule has 1 aliphatic heterocycles. The summed E-state index contributed by atoms with van der Waals surface area (Å²) in [6.07, 6.45) is 3.96. The Morgan fingerprint density at radius 3 is 2.89 bits per heavy atom. The Bertz CT molecular complexity index is 413. The van der Waals surface area contributed by atoms with Gasteiger partial charge in [0.25, 0.3) is 0 Å². The molecule has 2 heterocycles. The van der Waals surface area contributed by atoms with Crippen LogP contribution in [0.3, 0.4) is 0 Å². The molecule has 1 aliphatic rings. The van der Waals surface area contributed by atoms with Gasteiger partial charge in [0.2, 0.25) is 5.91 Å². The van der Waals surface area contributed by atoms with E-state index in [2.05, 4.69) is 15.2 Å². The van der Waals surface area contributed by atoms with Gasteiger partial charge in [-0.25, -0.2) is 4.98 Å². The fraction of sp³-hybridized carbons (Fsp3) is 0.538. The van der Waals surface area contributed by atoms with Gasteiger partial charge < -0.3 is 16.0 Å². The highest BCUT2D eigenvalue weighted by Crippen LogP contribution is 2.21. The molecule has 0 saturated carbocycles. The normalized spacial score (nSPS) is 16.8. The number of piperidine rings is 1. The lowest BCUT2D eigenvalue weighted by atomic mass is 9.97. The maximum absolute atomic E-state index is 11.1. The Hall–Kier alpha value is -1.62. The van der Waals surface area contributed by atoms with Crippen molar-refractivity contribution in [2.75, 3.05) is 31.6 Å². The summed E-state index contributed by atoms with van der Waals surface area (Å²) in [6.45, 7) is 3.05. The number of primary amides is 1. The number of anilines is 1. The molecule has 98 valence electrons. The zero-order valence-corrected chi connectivity index (χ0v) is 10.7. The van der Waals surface area contributed by atoms with E-state index in [0.717, 1.165) is 44.2 Å². The van der Waals surface area contributed by atoms with E-state index in [9.17, 15) is 4.79 Å². The molecule has 0 atom stereocenters. The van der Waals surface area contributed by atoms with Crippen LogP contribution in [-0.2, 0) is 0 Å². The van der Waals surface area contributed by atoms with Gasteiger partial charge in [0.1, 0.15) is 5.82 Å². The zero-order chi connectivity index (χ0) is 13.0. The van der Waals surface area contributed by atoms with Crippen LogP contribution in [0.4, 0.5) is 5.82 Å². The van der Waals surface area contributed by atoms with Gasteiger partial charge in [-0.15, -0.1) is 0 Å². The maximum Gasteiger partial charge on any atom is 0.248 e. The summed E-state index contributed by atoms with van der Waals surface area (Å²) in [6, 6.07) is 3.43. The van der Waals surface area contributed by atoms with Crippen LogP contribution in [0.5, 0.6) is 0 Å². The van der Waals surface area contributed by atoms with Gasteiger partial charge in [-0.05, 0) is 44.5 Å². The van der Waals surface area contributed by atoms with E-state index in [1.807, 2.05) is 7.05 Å². The van der Waals surface area contributed by atoms with E-state index in [-0.39, 0.29) is 0 Å². The Morgan fingerprint density at radius 2 is 2.28 bits per heavy atom. The van der Waals surface area contributed by atoms with Crippen LogP contribution in [0.1, 0.15) is 23.2 Å². The molecule has 1 aromatic rings. The van der Waals surface area contributed by atoms with Crippen molar-refractivity contribution in [3.63, 3.8) is 0 Å². The molecule has 0 unspecified atom stereocenters. The molecule has 0 radical (unpaired) electrons. The summed E-state index contributed by atoms with van der Waals surface area (Å²) in [5.74, 6) is 1.20. The number of carbonyl (C=O) groups excluding carboxylic acids is 1. The van der Waals surface area contributed by atoms with Crippen LogP contribution < -0.4 is 16.0 Å². The summed E-state index contributed by atoms with van der Waals surface area (Å²) < 4.78 is 0. The minimum absolute atomic E-state index is 0.399. The van der Waals surface area contributed by atoms with Crippen LogP contribution in [-0.4, -0.2) is 37.6 Å². The summed E-state index contributed by atoms with van der Waals surface area (Å²) in [5, 5.41) is 3.22. The Balaban J connectivity index is 2.01. The zero-order valence-electron chi connectivity index (χ0n) is 10.7. The molecule has 1 saturated heterocycles. The van der Waals surface area contributed by atoms with E-state index in [1.165, 1.54) is 0 Å². The Kier molecular flexibility index (Phi) is 4.15. The predicted molar refractivity (Wildman–Crippen MR) is 71.6 cm³/mol. The predicted octanol–water partition coefficient (Wildman–Crippen LogP) is 0.616. The molecular weight excluding hydrogens is 228 g/mol. The second-order valence-electron chi connectivity index (χ2n) is 4.76. The molecule has 18 heavy (non-hydrogen) atoms. The second-order valence-corrected chi connectivity index (χ2v) is 4.76. The van der Waals surface area contributed by atoms with E-state index in [0.29, 0.717) is 5.56 Å². The van der Waals surface area contributed by atoms with Gasteiger partial charge in [0.05, 0.1) is 0 Å². The van der Waals surface area contributed by atoms with E-state index < -0.39 is 5.91 Å². The van der Waals surface area contributed by atoms with Gasteiger partial charge in [0, 0.05) is 24.8 Å². The molecule has 5 heteroatoms. The number of hydrogen-bond acceptors (Lipinski definition) is 4. The minimum Gasteiger partial charge on any atom is -0.366 e. The summed E-state index contributed by atoms with van der Waals surface area (Å²) >= 11 is 0. The minimum atomic E-state index is -0.399. The highest BCUT2D eigenvalue weighted by Gasteiger charge is 2.19. The molecule has 1 fully saturated rings. The van der Waals surface area contributed by atoms with E-state index in [1.54, 1.807) is 18.3 Å². The maximum atomic E-state index is 11.1. The third-order valence-electron chi connectivity index (χ3n) is 3.46. The van der Waals surface area contributed by atoms with Crippen molar-refractivity contribution in [2.45, 2.75) is 12.8 Å². The number of carbonyl (C=O) groups is 1. The number of nitrogens with one attached hydrogen (secondary N) is 1. The average Bonchev–Trinajstić information content (AvgIpc) is 2.40. The lowest BCUT2D eigenvalue weighted by Crippen LogP contribution is -2.37. The summed E-state index contributed by atoms with van der Waals surface area (Å²) in [7, 11) is 1.99. The fourth-order valence-electron chi connectivity index (χ4n) is 2.40.